The van der Waals surface area contributed by atoms with Gasteiger partial charge in [0.25, 0.3) is 0 Å². The van der Waals surface area contributed by atoms with E-state index in [0.29, 0.717) is 6.04 Å². The largest absolute Gasteiger partial charge is 0.311 e. The van der Waals surface area contributed by atoms with E-state index < -0.39 is 0 Å². The fraction of sp³-hybridized carbons (Fsp3) is 0.750. The molecule has 0 saturated heterocycles. The molecule has 0 saturated carbocycles. The summed E-state index contributed by atoms with van der Waals surface area (Å²) in [6.07, 6.45) is 3.82. The van der Waals surface area contributed by atoms with Gasteiger partial charge in [-0.3, -0.25) is 4.68 Å². The maximum atomic E-state index is 4.17. The van der Waals surface area contributed by atoms with Gasteiger partial charge < -0.3 is 10.2 Å². The standard InChI is InChI=1S/C12H24N4/c1-4-15(5-2)11-12(3)13-8-10-16-9-6-7-14-16/h6-7,9,12-13H,4-5,8,10-11H2,1-3H3. The minimum absolute atomic E-state index is 0.537. The van der Waals surface area contributed by atoms with Crippen molar-refractivity contribution in [1.82, 2.24) is 20.0 Å². The van der Waals surface area contributed by atoms with E-state index in [4.69, 9.17) is 0 Å². The van der Waals surface area contributed by atoms with Gasteiger partial charge in [-0.25, -0.2) is 0 Å². The summed E-state index contributed by atoms with van der Waals surface area (Å²) in [6, 6.07) is 2.50. The van der Waals surface area contributed by atoms with Crippen LogP contribution in [0.4, 0.5) is 0 Å². The van der Waals surface area contributed by atoms with Crippen molar-refractivity contribution >= 4 is 0 Å². The second-order valence-electron chi connectivity index (χ2n) is 4.11. The monoisotopic (exact) mass is 224 g/mol. The van der Waals surface area contributed by atoms with Gasteiger partial charge in [-0.05, 0) is 26.1 Å². The van der Waals surface area contributed by atoms with Crippen LogP contribution in [0.2, 0.25) is 0 Å². The molecule has 1 aromatic heterocycles. The topological polar surface area (TPSA) is 33.1 Å². The van der Waals surface area contributed by atoms with Gasteiger partial charge in [0.2, 0.25) is 0 Å². The highest BCUT2D eigenvalue weighted by Gasteiger charge is 2.05. The van der Waals surface area contributed by atoms with Gasteiger partial charge in [-0.15, -0.1) is 0 Å². The van der Waals surface area contributed by atoms with Gasteiger partial charge in [0, 0.05) is 31.5 Å². The lowest BCUT2D eigenvalue weighted by Crippen LogP contribution is -2.40. The summed E-state index contributed by atoms with van der Waals surface area (Å²) < 4.78 is 1.96. The van der Waals surface area contributed by atoms with Crippen LogP contribution in [-0.2, 0) is 6.54 Å². The molecule has 1 aromatic rings. The number of rotatable bonds is 8. The Morgan fingerprint density at radius 3 is 2.69 bits per heavy atom. The summed E-state index contributed by atoms with van der Waals surface area (Å²) in [5.74, 6) is 0. The third-order valence-corrected chi connectivity index (χ3v) is 2.82. The van der Waals surface area contributed by atoms with Crippen LogP contribution in [0.25, 0.3) is 0 Å². The first-order valence-electron chi connectivity index (χ1n) is 6.19. The highest BCUT2D eigenvalue weighted by molar-refractivity contribution is 4.78. The predicted molar refractivity (Wildman–Crippen MR) is 67.5 cm³/mol. The summed E-state index contributed by atoms with van der Waals surface area (Å²) in [7, 11) is 0. The third kappa shape index (κ3) is 4.77. The fourth-order valence-corrected chi connectivity index (χ4v) is 1.79. The average Bonchev–Trinajstić information content (AvgIpc) is 2.79. The Morgan fingerprint density at radius 2 is 2.12 bits per heavy atom. The van der Waals surface area contributed by atoms with E-state index in [2.05, 4.69) is 36.1 Å². The zero-order chi connectivity index (χ0) is 11.8. The normalized spacial score (nSPS) is 13.2. The molecule has 92 valence electrons. The summed E-state index contributed by atoms with van der Waals surface area (Å²) in [4.78, 5) is 2.44. The van der Waals surface area contributed by atoms with Crippen molar-refractivity contribution < 1.29 is 0 Å². The van der Waals surface area contributed by atoms with Crippen LogP contribution < -0.4 is 5.32 Å². The molecule has 16 heavy (non-hydrogen) atoms. The first kappa shape index (κ1) is 13.2. The molecule has 4 nitrogen and oxygen atoms in total. The van der Waals surface area contributed by atoms with E-state index in [1.54, 1.807) is 0 Å². The van der Waals surface area contributed by atoms with Gasteiger partial charge in [-0.2, -0.15) is 5.10 Å². The van der Waals surface area contributed by atoms with Crippen LogP contribution in [0.1, 0.15) is 20.8 Å². The molecule has 0 amide bonds. The van der Waals surface area contributed by atoms with Crippen molar-refractivity contribution in [2.75, 3.05) is 26.2 Å². The molecular weight excluding hydrogens is 200 g/mol. The van der Waals surface area contributed by atoms with Crippen LogP contribution >= 0.6 is 0 Å². The number of nitrogens with one attached hydrogen (secondary N) is 1. The molecule has 0 radical (unpaired) electrons. The minimum Gasteiger partial charge on any atom is -0.311 e. The van der Waals surface area contributed by atoms with E-state index in [1.807, 2.05) is 23.1 Å². The van der Waals surface area contributed by atoms with Crippen molar-refractivity contribution in [3.8, 4) is 0 Å². The second kappa shape index (κ2) is 7.41. The molecule has 0 aliphatic rings. The molecule has 0 spiro atoms. The Morgan fingerprint density at radius 1 is 1.38 bits per heavy atom. The first-order chi connectivity index (χ1) is 7.76. The number of aromatic nitrogens is 2. The van der Waals surface area contributed by atoms with Crippen molar-refractivity contribution in [1.29, 1.82) is 0 Å². The lowest BCUT2D eigenvalue weighted by atomic mass is 10.3. The van der Waals surface area contributed by atoms with Crippen molar-refractivity contribution in [2.24, 2.45) is 0 Å². The second-order valence-corrected chi connectivity index (χ2v) is 4.11. The number of hydrogen-bond donors (Lipinski definition) is 1. The van der Waals surface area contributed by atoms with Gasteiger partial charge in [0.1, 0.15) is 0 Å². The van der Waals surface area contributed by atoms with Crippen LogP contribution in [0.5, 0.6) is 0 Å². The molecule has 1 rings (SSSR count). The van der Waals surface area contributed by atoms with Gasteiger partial charge >= 0.3 is 0 Å². The predicted octanol–water partition coefficient (Wildman–Crippen LogP) is 1.20. The number of hydrogen-bond acceptors (Lipinski definition) is 3. The Labute approximate surface area is 98.6 Å². The maximum Gasteiger partial charge on any atom is 0.0534 e. The molecule has 0 aliphatic carbocycles. The molecule has 0 aliphatic heterocycles. The van der Waals surface area contributed by atoms with Gasteiger partial charge in [0.05, 0.1) is 6.54 Å². The summed E-state index contributed by atoms with van der Waals surface area (Å²) in [6.45, 7) is 11.9. The van der Waals surface area contributed by atoms with E-state index in [0.717, 1.165) is 32.7 Å². The summed E-state index contributed by atoms with van der Waals surface area (Å²) in [5, 5.41) is 7.69. The molecule has 1 N–H and O–H groups in total. The molecule has 0 aromatic carbocycles. The van der Waals surface area contributed by atoms with Crippen LogP contribution in [0, 0.1) is 0 Å². The SMILES string of the molecule is CCN(CC)CC(C)NCCn1cccn1. The Bertz CT molecular complexity index is 254. The summed E-state index contributed by atoms with van der Waals surface area (Å²) in [5.41, 5.74) is 0. The molecule has 1 unspecified atom stereocenters. The fourth-order valence-electron chi connectivity index (χ4n) is 1.79. The molecule has 0 fully saturated rings. The minimum atomic E-state index is 0.537. The van der Waals surface area contributed by atoms with Crippen molar-refractivity contribution in [3.05, 3.63) is 18.5 Å². The molecular formula is C12H24N4. The van der Waals surface area contributed by atoms with E-state index in [9.17, 15) is 0 Å². The average molecular weight is 224 g/mol. The smallest absolute Gasteiger partial charge is 0.0534 e. The van der Waals surface area contributed by atoms with Crippen LogP contribution in [0.15, 0.2) is 18.5 Å². The Kier molecular flexibility index (Phi) is 6.11. The molecule has 0 bridgehead atoms. The van der Waals surface area contributed by atoms with Crippen molar-refractivity contribution in [3.63, 3.8) is 0 Å². The quantitative estimate of drug-likeness (QED) is 0.720. The highest BCUT2D eigenvalue weighted by atomic mass is 15.3. The van der Waals surface area contributed by atoms with Crippen molar-refractivity contribution in [2.45, 2.75) is 33.4 Å². The Hall–Kier alpha value is -0.870. The number of nitrogens with zero attached hydrogens (tertiary/aromatic N) is 3. The summed E-state index contributed by atoms with van der Waals surface area (Å²) >= 11 is 0. The zero-order valence-corrected chi connectivity index (χ0v) is 10.7. The van der Waals surface area contributed by atoms with Crippen LogP contribution in [-0.4, -0.2) is 46.9 Å². The maximum absolute atomic E-state index is 4.17. The number of likely N-dealkylation sites (N-methyl/N-ethyl adjacent to an activating group) is 1. The lowest BCUT2D eigenvalue weighted by Gasteiger charge is -2.23. The van der Waals surface area contributed by atoms with E-state index in [1.165, 1.54) is 0 Å². The van der Waals surface area contributed by atoms with E-state index in [-0.39, 0.29) is 0 Å². The highest BCUT2D eigenvalue weighted by Crippen LogP contribution is 1.91. The molecule has 4 heteroatoms. The van der Waals surface area contributed by atoms with Crippen LogP contribution in [0.3, 0.4) is 0 Å². The van der Waals surface area contributed by atoms with E-state index >= 15 is 0 Å². The molecule has 1 atom stereocenters. The molecule has 1 heterocycles. The van der Waals surface area contributed by atoms with Gasteiger partial charge in [-0.1, -0.05) is 13.8 Å². The van der Waals surface area contributed by atoms with Gasteiger partial charge in [0.15, 0.2) is 0 Å². The Balaban J connectivity index is 2.12. The first-order valence-corrected chi connectivity index (χ1v) is 6.19. The third-order valence-electron chi connectivity index (χ3n) is 2.82. The zero-order valence-electron chi connectivity index (χ0n) is 10.7. The lowest BCUT2D eigenvalue weighted by molar-refractivity contribution is 0.270.